The van der Waals surface area contributed by atoms with Crippen LogP contribution in [-0.2, 0) is 0 Å². The van der Waals surface area contributed by atoms with Gasteiger partial charge in [0.25, 0.3) is 0 Å². The third kappa shape index (κ3) is 2.74. The molecule has 0 radical (unpaired) electrons. The minimum Gasteiger partial charge on any atom is -0.366 e. The lowest BCUT2D eigenvalue weighted by Crippen LogP contribution is -2.47. The highest BCUT2D eigenvalue weighted by Gasteiger charge is 2.23. The van der Waals surface area contributed by atoms with Crippen molar-refractivity contribution in [3.8, 4) is 0 Å². The van der Waals surface area contributed by atoms with Crippen LogP contribution in [0.4, 0.5) is 15.9 Å². The van der Waals surface area contributed by atoms with Gasteiger partial charge in [0.1, 0.15) is 22.8 Å². The minimum absolute atomic E-state index is 0.190. The molecule has 0 amide bonds. The van der Waals surface area contributed by atoms with E-state index in [4.69, 9.17) is 0 Å². The van der Waals surface area contributed by atoms with Crippen molar-refractivity contribution in [2.24, 2.45) is 0 Å². The van der Waals surface area contributed by atoms with Crippen molar-refractivity contribution in [1.82, 2.24) is 9.97 Å². The van der Waals surface area contributed by atoms with Gasteiger partial charge in [-0.05, 0) is 24.6 Å². The van der Waals surface area contributed by atoms with Crippen LogP contribution >= 0.6 is 11.3 Å². The highest BCUT2D eigenvalue weighted by Crippen LogP contribution is 2.34. The first kappa shape index (κ1) is 16.0. The van der Waals surface area contributed by atoms with Gasteiger partial charge < -0.3 is 9.80 Å². The fourth-order valence-electron chi connectivity index (χ4n) is 3.29. The van der Waals surface area contributed by atoms with Gasteiger partial charge in [0, 0.05) is 26.2 Å². The molecule has 3 aromatic rings. The van der Waals surface area contributed by atoms with E-state index in [0.29, 0.717) is 10.6 Å². The number of benzene rings is 1. The Morgan fingerprint density at radius 1 is 1.12 bits per heavy atom. The van der Waals surface area contributed by atoms with Gasteiger partial charge >= 0.3 is 0 Å². The van der Waals surface area contributed by atoms with Gasteiger partial charge in [0.2, 0.25) is 0 Å². The van der Waals surface area contributed by atoms with E-state index in [9.17, 15) is 9.18 Å². The first-order chi connectivity index (χ1) is 12.2. The third-order valence-corrected chi connectivity index (χ3v) is 5.75. The summed E-state index contributed by atoms with van der Waals surface area (Å²) < 4.78 is 14.0. The van der Waals surface area contributed by atoms with Crippen LogP contribution in [0.5, 0.6) is 0 Å². The molecule has 1 aromatic carbocycles. The number of anilines is 2. The number of para-hydroxylation sites is 1. The highest BCUT2D eigenvalue weighted by atomic mass is 32.1. The molecule has 0 aliphatic carbocycles. The third-order valence-electron chi connectivity index (χ3n) is 4.62. The van der Waals surface area contributed by atoms with Gasteiger partial charge in [0.15, 0.2) is 6.29 Å². The number of nitrogens with zero attached hydrogens (tertiary/aromatic N) is 4. The van der Waals surface area contributed by atoms with Gasteiger partial charge in [-0.2, -0.15) is 0 Å². The zero-order valence-electron chi connectivity index (χ0n) is 13.8. The standard InChI is InChI=1S/C18H17FN4OS/c1-12-15(10-24)25-18-16(12)17(20-11-21-18)23-8-6-22(7-9-23)14-5-3-2-4-13(14)19/h2-5,10-11H,6-9H2,1H3. The molecule has 5 nitrogen and oxygen atoms in total. The van der Waals surface area contributed by atoms with Gasteiger partial charge in [-0.1, -0.05) is 12.1 Å². The molecule has 0 saturated carbocycles. The zero-order chi connectivity index (χ0) is 17.4. The van der Waals surface area contributed by atoms with E-state index < -0.39 is 0 Å². The predicted octanol–water partition coefficient (Wildman–Crippen LogP) is 3.28. The Balaban J connectivity index is 1.61. The second-order valence-electron chi connectivity index (χ2n) is 6.01. The van der Waals surface area contributed by atoms with E-state index in [1.54, 1.807) is 12.4 Å². The van der Waals surface area contributed by atoms with E-state index in [-0.39, 0.29) is 5.82 Å². The molecule has 0 bridgehead atoms. The molecular weight excluding hydrogens is 339 g/mol. The van der Waals surface area contributed by atoms with Crippen LogP contribution in [-0.4, -0.2) is 42.4 Å². The molecular formula is C18H17FN4OS. The lowest BCUT2D eigenvalue weighted by atomic mass is 10.2. The van der Waals surface area contributed by atoms with Crippen LogP contribution in [0.25, 0.3) is 10.2 Å². The summed E-state index contributed by atoms with van der Waals surface area (Å²) in [6.45, 7) is 4.86. The van der Waals surface area contributed by atoms with Gasteiger partial charge in [-0.3, -0.25) is 4.79 Å². The molecule has 7 heteroatoms. The van der Waals surface area contributed by atoms with Gasteiger partial charge in [-0.15, -0.1) is 11.3 Å². The van der Waals surface area contributed by atoms with Crippen LogP contribution in [0.2, 0.25) is 0 Å². The summed E-state index contributed by atoms with van der Waals surface area (Å²) in [6.07, 6.45) is 2.42. The summed E-state index contributed by atoms with van der Waals surface area (Å²) in [5.41, 5.74) is 1.58. The van der Waals surface area contributed by atoms with Crippen molar-refractivity contribution in [3.63, 3.8) is 0 Å². The van der Waals surface area contributed by atoms with Crippen LogP contribution < -0.4 is 9.80 Å². The SMILES string of the molecule is Cc1c(C=O)sc2ncnc(N3CCN(c4ccccc4F)CC3)c12. The summed E-state index contributed by atoms with van der Waals surface area (Å²) in [7, 11) is 0. The molecule has 0 unspecified atom stereocenters. The zero-order valence-corrected chi connectivity index (χ0v) is 14.6. The normalized spacial score (nSPS) is 15.0. The molecule has 0 spiro atoms. The number of carbonyl (C=O) groups is 1. The van der Waals surface area contributed by atoms with Crippen LogP contribution in [0, 0.1) is 12.7 Å². The number of hydrogen-bond acceptors (Lipinski definition) is 6. The first-order valence-electron chi connectivity index (χ1n) is 8.12. The highest BCUT2D eigenvalue weighted by molar-refractivity contribution is 7.20. The second kappa shape index (κ2) is 6.40. The smallest absolute Gasteiger partial charge is 0.160 e. The molecule has 25 heavy (non-hydrogen) atoms. The summed E-state index contributed by atoms with van der Waals surface area (Å²) in [6, 6.07) is 6.86. The minimum atomic E-state index is -0.190. The lowest BCUT2D eigenvalue weighted by Gasteiger charge is -2.37. The van der Waals surface area contributed by atoms with E-state index in [0.717, 1.165) is 54.1 Å². The number of aromatic nitrogens is 2. The van der Waals surface area contributed by atoms with Crippen LogP contribution in [0.1, 0.15) is 15.2 Å². The second-order valence-corrected chi connectivity index (χ2v) is 7.04. The quantitative estimate of drug-likeness (QED) is 0.674. The summed E-state index contributed by atoms with van der Waals surface area (Å²) in [5, 5.41) is 0.953. The number of thiophene rings is 1. The van der Waals surface area contributed by atoms with Crippen LogP contribution in [0.15, 0.2) is 30.6 Å². The van der Waals surface area contributed by atoms with E-state index in [2.05, 4.69) is 19.8 Å². The fraction of sp³-hybridized carbons (Fsp3) is 0.278. The van der Waals surface area contributed by atoms with Crippen molar-refractivity contribution in [3.05, 3.63) is 46.9 Å². The number of hydrogen-bond donors (Lipinski definition) is 0. The fourth-order valence-corrected chi connectivity index (χ4v) is 4.25. The number of aldehydes is 1. The number of carbonyl (C=O) groups excluding carboxylic acids is 1. The Hall–Kier alpha value is -2.54. The van der Waals surface area contributed by atoms with Gasteiger partial charge in [0.05, 0.1) is 16.0 Å². The summed E-state index contributed by atoms with van der Waals surface area (Å²) >= 11 is 1.40. The number of halogens is 1. The molecule has 1 aliphatic heterocycles. The molecule has 1 fully saturated rings. The molecule has 0 atom stereocenters. The van der Waals surface area contributed by atoms with Crippen molar-refractivity contribution >= 4 is 39.3 Å². The maximum atomic E-state index is 14.0. The predicted molar refractivity (Wildman–Crippen MR) is 98.4 cm³/mol. The van der Waals surface area contributed by atoms with Gasteiger partial charge in [-0.25, -0.2) is 14.4 Å². The molecule has 2 aromatic heterocycles. The number of rotatable bonds is 3. The molecule has 1 saturated heterocycles. The Bertz CT molecular complexity index is 934. The Morgan fingerprint density at radius 2 is 1.84 bits per heavy atom. The van der Waals surface area contributed by atoms with Crippen molar-refractivity contribution < 1.29 is 9.18 Å². The van der Waals surface area contributed by atoms with E-state index in [1.165, 1.54) is 17.4 Å². The van der Waals surface area contributed by atoms with E-state index >= 15 is 0 Å². The number of piperazine rings is 1. The maximum absolute atomic E-state index is 14.0. The number of aryl methyl sites for hydroxylation is 1. The lowest BCUT2D eigenvalue weighted by molar-refractivity contribution is 0.112. The van der Waals surface area contributed by atoms with Crippen molar-refractivity contribution in [1.29, 1.82) is 0 Å². The number of fused-ring (bicyclic) bond motifs is 1. The molecule has 0 N–H and O–H groups in total. The van der Waals surface area contributed by atoms with Crippen molar-refractivity contribution in [2.45, 2.75) is 6.92 Å². The molecule has 4 rings (SSSR count). The maximum Gasteiger partial charge on any atom is 0.160 e. The molecule has 1 aliphatic rings. The van der Waals surface area contributed by atoms with E-state index in [1.807, 2.05) is 19.1 Å². The average molecular weight is 356 g/mol. The summed E-state index contributed by atoms with van der Waals surface area (Å²) in [5.74, 6) is 0.671. The first-order valence-corrected chi connectivity index (χ1v) is 8.94. The van der Waals surface area contributed by atoms with Crippen LogP contribution in [0.3, 0.4) is 0 Å². The Labute approximate surface area is 148 Å². The summed E-state index contributed by atoms with van der Waals surface area (Å²) in [4.78, 5) is 25.8. The average Bonchev–Trinajstić information content (AvgIpc) is 2.98. The molecule has 3 heterocycles. The Kier molecular flexibility index (Phi) is 4.09. The largest absolute Gasteiger partial charge is 0.366 e. The monoisotopic (exact) mass is 356 g/mol. The van der Waals surface area contributed by atoms with Crippen molar-refractivity contribution in [2.75, 3.05) is 36.0 Å². The molecule has 128 valence electrons. The topological polar surface area (TPSA) is 49.3 Å². The Morgan fingerprint density at radius 3 is 2.56 bits per heavy atom.